The minimum absolute atomic E-state index is 0.0357. The average molecular weight is 220 g/mol. The summed E-state index contributed by atoms with van der Waals surface area (Å²) in [6, 6.07) is 8.02. The zero-order valence-corrected chi connectivity index (χ0v) is 10.0. The third-order valence-electron chi connectivity index (χ3n) is 3.33. The van der Waals surface area contributed by atoms with Crippen LogP contribution in [0.25, 0.3) is 0 Å². The Hall–Kier alpha value is -1.02. The lowest BCUT2D eigenvalue weighted by Crippen LogP contribution is -2.37. The van der Waals surface area contributed by atoms with Crippen LogP contribution in [0, 0.1) is 12.8 Å². The van der Waals surface area contributed by atoms with Gasteiger partial charge in [0.05, 0.1) is 6.10 Å². The Labute approximate surface area is 97.3 Å². The lowest BCUT2D eigenvalue weighted by molar-refractivity contribution is -0.00758. The molecule has 1 fully saturated rings. The highest BCUT2D eigenvalue weighted by Crippen LogP contribution is 2.27. The van der Waals surface area contributed by atoms with E-state index >= 15 is 0 Å². The molecule has 0 aromatic heterocycles. The average Bonchev–Trinajstić information content (AvgIpc) is 2.27. The third-order valence-corrected chi connectivity index (χ3v) is 3.33. The van der Waals surface area contributed by atoms with Crippen LogP contribution in [0.3, 0.4) is 0 Å². The first-order chi connectivity index (χ1) is 7.65. The van der Waals surface area contributed by atoms with Crippen LogP contribution in [-0.4, -0.2) is 17.3 Å². The summed E-state index contributed by atoms with van der Waals surface area (Å²) < 4.78 is 5.84. The third kappa shape index (κ3) is 2.76. The number of rotatable bonds is 2. The number of hydrogen-bond acceptors (Lipinski definition) is 2. The fourth-order valence-corrected chi connectivity index (χ4v) is 2.23. The van der Waals surface area contributed by atoms with Crippen molar-refractivity contribution in [1.29, 1.82) is 0 Å². The largest absolute Gasteiger partial charge is 0.488 e. The first-order valence-electron chi connectivity index (χ1n) is 6.06. The second-order valence-corrected chi connectivity index (χ2v) is 4.95. The molecule has 16 heavy (non-hydrogen) atoms. The van der Waals surface area contributed by atoms with Gasteiger partial charge in [-0.3, -0.25) is 0 Å². The van der Waals surface area contributed by atoms with E-state index in [9.17, 15) is 5.11 Å². The number of ether oxygens (including phenoxy) is 1. The minimum atomic E-state index is -0.308. The molecule has 1 aromatic carbocycles. The van der Waals surface area contributed by atoms with E-state index in [-0.39, 0.29) is 12.2 Å². The molecule has 1 N–H and O–H groups in total. The standard InChI is InChI=1S/C14H20O2/c1-10-3-6-12(7-4-10)16-14-9-11(2)5-8-13(14)15/h3-4,6-7,11,13-15H,5,8-9H2,1-2H3/t11-,13+,14+/m0/s1. The highest BCUT2D eigenvalue weighted by Gasteiger charge is 2.28. The van der Waals surface area contributed by atoms with E-state index < -0.39 is 0 Å². The van der Waals surface area contributed by atoms with Crippen molar-refractivity contribution in [3.05, 3.63) is 29.8 Å². The second-order valence-electron chi connectivity index (χ2n) is 4.95. The molecular weight excluding hydrogens is 200 g/mol. The molecule has 2 nitrogen and oxygen atoms in total. The smallest absolute Gasteiger partial charge is 0.125 e. The molecular formula is C14H20O2. The van der Waals surface area contributed by atoms with Gasteiger partial charge in [0.2, 0.25) is 0 Å². The van der Waals surface area contributed by atoms with Crippen LogP contribution in [0.1, 0.15) is 31.7 Å². The monoisotopic (exact) mass is 220 g/mol. The molecule has 1 aromatic rings. The Morgan fingerprint density at radius 2 is 1.88 bits per heavy atom. The molecule has 0 amide bonds. The molecule has 1 aliphatic carbocycles. The normalized spacial score (nSPS) is 30.1. The van der Waals surface area contributed by atoms with Gasteiger partial charge in [0, 0.05) is 0 Å². The summed E-state index contributed by atoms with van der Waals surface area (Å²) in [5, 5.41) is 9.88. The molecule has 2 rings (SSSR count). The van der Waals surface area contributed by atoms with Crippen LogP contribution < -0.4 is 4.74 Å². The summed E-state index contributed by atoms with van der Waals surface area (Å²) in [6.45, 7) is 4.28. The summed E-state index contributed by atoms with van der Waals surface area (Å²) in [5.74, 6) is 1.52. The Bertz CT molecular complexity index is 331. The van der Waals surface area contributed by atoms with E-state index in [1.807, 2.05) is 24.3 Å². The van der Waals surface area contributed by atoms with Gasteiger partial charge in [-0.1, -0.05) is 24.6 Å². The number of benzene rings is 1. The van der Waals surface area contributed by atoms with Crippen molar-refractivity contribution in [2.75, 3.05) is 0 Å². The van der Waals surface area contributed by atoms with Crippen molar-refractivity contribution in [2.24, 2.45) is 5.92 Å². The van der Waals surface area contributed by atoms with E-state index in [0.29, 0.717) is 5.92 Å². The number of hydrogen-bond donors (Lipinski definition) is 1. The van der Waals surface area contributed by atoms with Gasteiger partial charge in [0.25, 0.3) is 0 Å². The molecule has 88 valence electrons. The second kappa shape index (κ2) is 4.88. The topological polar surface area (TPSA) is 29.5 Å². The lowest BCUT2D eigenvalue weighted by Gasteiger charge is -2.31. The Morgan fingerprint density at radius 1 is 1.19 bits per heavy atom. The number of aliphatic hydroxyl groups excluding tert-OH is 1. The van der Waals surface area contributed by atoms with Gasteiger partial charge in [-0.15, -0.1) is 0 Å². The molecule has 1 saturated carbocycles. The molecule has 0 unspecified atom stereocenters. The van der Waals surface area contributed by atoms with Gasteiger partial charge in [0.1, 0.15) is 11.9 Å². The fraction of sp³-hybridized carbons (Fsp3) is 0.571. The summed E-state index contributed by atoms with van der Waals surface area (Å²) in [4.78, 5) is 0. The van der Waals surface area contributed by atoms with Crippen molar-refractivity contribution in [3.8, 4) is 5.75 Å². The van der Waals surface area contributed by atoms with Crippen LogP contribution in [0.2, 0.25) is 0 Å². The molecule has 0 heterocycles. The van der Waals surface area contributed by atoms with Crippen LogP contribution in [0.15, 0.2) is 24.3 Å². The molecule has 0 spiro atoms. The van der Waals surface area contributed by atoms with Crippen molar-refractivity contribution in [3.63, 3.8) is 0 Å². The van der Waals surface area contributed by atoms with E-state index in [2.05, 4.69) is 13.8 Å². The molecule has 0 saturated heterocycles. The van der Waals surface area contributed by atoms with E-state index in [4.69, 9.17) is 4.74 Å². The van der Waals surface area contributed by atoms with Gasteiger partial charge >= 0.3 is 0 Å². The van der Waals surface area contributed by atoms with Crippen LogP contribution in [0.4, 0.5) is 0 Å². The maximum atomic E-state index is 9.88. The molecule has 0 aliphatic heterocycles. The number of aliphatic hydroxyl groups is 1. The van der Waals surface area contributed by atoms with E-state index in [1.165, 1.54) is 5.56 Å². The van der Waals surface area contributed by atoms with Crippen LogP contribution in [-0.2, 0) is 0 Å². The molecule has 0 bridgehead atoms. The molecule has 1 aliphatic rings. The van der Waals surface area contributed by atoms with Crippen LogP contribution >= 0.6 is 0 Å². The first-order valence-corrected chi connectivity index (χ1v) is 6.06. The highest BCUT2D eigenvalue weighted by molar-refractivity contribution is 5.26. The van der Waals surface area contributed by atoms with E-state index in [0.717, 1.165) is 25.0 Å². The van der Waals surface area contributed by atoms with Crippen molar-refractivity contribution in [1.82, 2.24) is 0 Å². The first kappa shape index (κ1) is 11.5. The van der Waals surface area contributed by atoms with Gasteiger partial charge < -0.3 is 9.84 Å². The quantitative estimate of drug-likeness (QED) is 0.830. The Morgan fingerprint density at radius 3 is 2.56 bits per heavy atom. The minimum Gasteiger partial charge on any atom is -0.488 e. The van der Waals surface area contributed by atoms with Crippen molar-refractivity contribution < 1.29 is 9.84 Å². The molecule has 3 atom stereocenters. The van der Waals surface area contributed by atoms with E-state index in [1.54, 1.807) is 0 Å². The predicted molar refractivity (Wildman–Crippen MR) is 64.6 cm³/mol. The number of aryl methyl sites for hydroxylation is 1. The van der Waals surface area contributed by atoms with Gasteiger partial charge in [-0.2, -0.15) is 0 Å². The zero-order chi connectivity index (χ0) is 11.5. The molecule has 0 radical (unpaired) electrons. The zero-order valence-electron chi connectivity index (χ0n) is 10.0. The van der Waals surface area contributed by atoms with Gasteiger partial charge in [-0.25, -0.2) is 0 Å². The van der Waals surface area contributed by atoms with Gasteiger partial charge in [0.15, 0.2) is 0 Å². The van der Waals surface area contributed by atoms with Crippen molar-refractivity contribution in [2.45, 2.75) is 45.3 Å². The Balaban J connectivity index is 2.00. The summed E-state index contributed by atoms with van der Waals surface area (Å²) in [7, 11) is 0. The summed E-state index contributed by atoms with van der Waals surface area (Å²) >= 11 is 0. The fourth-order valence-electron chi connectivity index (χ4n) is 2.23. The van der Waals surface area contributed by atoms with Crippen molar-refractivity contribution >= 4 is 0 Å². The maximum absolute atomic E-state index is 9.88. The summed E-state index contributed by atoms with van der Waals surface area (Å²) in [6.07, 6.45) is 2.57. The highest BCUT2D eigenvalue weighted by atomic mass is 16.5. The molecule has 2 heteroatoms. The maximum Gasteiger partial charge on any atom is 0.125 e. The lowest BCUT2D eigenvalue weighted by atomic mass is 9.86. The SMILES string of the molecule is Cc1ccc(O[C@@H]2C[C@@H](C)CC[C@H]2O)cc1. The van der Waals surface area contributed by atoms with Crippen LogP contribution in [0.5, 0.6) is 5.75 Å². The Kier molecular flexibility index (Phi) is 3.49. The summed E-state index contributed by atoms with van der Waals surface area (Å²) in [5.41, 5.74) is 1.23. The predicted octanol–water partition coefficient (Wildman–Crippen LogP) is 2.92. The van der Waals surface area contributed by atoms with Gasteiger partial charge in [-0.05, 0) is 44.2 Å².